The Bertz CT molecular complexity index is 259. The van der Waals surface area contributed by atoms with Gasteiger partial charge in [0.25, 0.3) is 0 Å². The molecule has 2 atom stereocenters. The van der Waals surface area contributed by atoms with Crippen LogP contribution in [0.2, 0.25) is 0 Å². The van der Waals surface area contributed by atoms with Gasteiger partial charge in [0.2, 0.25) is 0 Å². The van der Waals surface area contributed by atoms with Gasteiger partial charge in [0.05, 0.1) is 18.9 Å². The summed E-state index contributed by atoms with van der Waals surface area (Å²) in [6, 6.07) is 0. The Morgan fingerprint density at radius 3 is 1.86 bits per heavy atom. The molecule has 3 N–H and O–H groups in total. The Labute approximate surface area is 125 Å². The summed E-state index contributed by atoms with van der Waals surface area (Å²) in [5.74, 6) is 0. The van der Waals surface area contributed by atoms with Gasteiger partial charge in [-0.3, -0.25) is 9.80 Å². The first-order valence-corrected chi connectivity index (χ1v) is 6.86. The first-order valence-electron chi connectivity index (χ1n) is 6.86. The lowest BCUT2D eigenvalue weighted by Gasteiger charge is -2.27. The van der Waals surface area contributed by atoms with Crippen LogP contribution in [0.15, 0.2) is 5.18 Å². The fourth-order valence-electron chi connectivity index (χ4n) is 1.89. The molecule has 0 heterocycles. The third-order valence-electron chi connectivity index (χ3n) is 2.94. The minimum Gasteiger partial charge on any atom is -0.381 e. The van der Waals surface area contributed by atoms with Crippen LogP contribution >= 0.6 is 0 Å². The molecule has 0 bridgehead atoms. The number of aliphatic hydroxyl groups excluding tert-OH is 3. The first kappa shape index (κ1) is 20.3. The molecule has 0 rings (SSSR count). The van der Waals surface area contributed by atoms with E-state index in [0.29, 0.717) is 26.2 Å². The van der Waals surface area contributed by atoms with Crippen molar-refractivity contribution >= 4 is 0 Å². The predicted octanol–water partition coefficient (Wildman–Crippen LogP) is -1.03. The zero-order chi connectivity index (χ0) is 16.1. The smallest absolute Gasteiger partial charge is 0.143 e. The lowest BCUT2D eigenvalue weighted by Crippen LogP contribution is -2.41. The van der Waals surface area contributed by atoms with Gasteiger partial charge in [-0.1, -0.05) is 5.18 Å². The maximum atomic E-state index is 10.4. The Balaban J connectivity index is 4.20. The highest BCUT2D eigenvalue weighted by Crippen LogP contribution is 2.00. The quantitative estimate of drug-likeness (QED) is 0.276. The molecule has 0 fully saturated rings. The maximum Gasteiger partial charge on any atom is 0.143 e. The summed E-state index contributed by atoms with van der Waals surface area (Å²) in [5, 5.41) is 29.5. The van der Waals surface area contributed by atoms with Gasteiger partial charge in [-0.2, -0.15) is 0 Å². The molecule has 0 saturated heterocycles. The van der Waals surface area contributed by atoms with Gasteiger partial charge in [-0.05, 0) is 13.8 Å². The van der Waals surface area contributed by atoms with E-state index in [4.69, 9.17) is 19.7 Å². The van der Waals surface area contributed by atoms with Crippen LogP contribution in [0.25, 0.3) is 0 Å². The molecule has 0 saturated carbocycles. The van der Waals surface area contributed by atoms with E-state index >= 15 is 0 Å². The molecule has 0 amide bonds. The summed E-state index contributed by atoms with van der Waals surface area (Å²) in [7, 11) is 0. The molecule has 0 aromatic carbocycles. The van der Waals surface area contributed by atoms with Gasteiger partial charge in [0.1, 0.15) is 20.3 Å². The van der Waals surface area contributed by atoms with E-state index in [1.807, 2.05) is 0 Å². The lowest BCUT2D eigenvalue weighted by molar-refractivity contribution is -0.0647. The molecule has 0 radical (unpaired) electrons. The predicted molar refractivity (Wildman–Crippen MR) is 76.2 cm³/mol. The first-order chi connectivity index (χ1) is 10.1. The SMILES string of the molecule is CC(CN(CCN(CO)C[C@H](C)OCO)CN=O)OCO. The molecular formula is C12H27N3O6. The van der Waals surface area contributed by atoms with Crippen molar-refractivity contribution in [2.24, 2.45) is 5.18 Å². The van der Waals surface area contributed by atoms with E-state index < -0.39 is 0 Å². The number of hydrogen-bond donors (Lipinski definition) is 3. The number of hydrogen-bond acceptors (Lipinski definition) is 9. The number of aliphatic hydroxyl groups is 3. The van der Waals surface area contributed by atoms with Gasteiger partial charge < -0.3 is 24.8 Å². The zero-order valence-corrected chi connectivity index (χ0v) is 12.7. The van der Waals surface area contributed by atoms with Crippen LogP contribution in [0.5, 0.6) is 0 Å². The van der Waals surface area contributed by atoms with Gasteiger partial charge in [0, 0.05) is 26.2 Å². The summed E-state index contributed by atoms with van der Waals surface area (Å²) >= 11 is 0. The topological polar surface area (TPSA) is 115 Å². The molecule has 0 spiro atoms. The average molecular weight is 309 g/mol. The van der Waals surface area contributed by atoms with Gasteiger partial charge in [-0.15, -0.1) is 4.91 Å². The van der Waals surface area contributed by atoms with Crippen LogP contribution < -0.4 is 0 Å². The molecule has 9 heteroatoms. The highest BCUT2D eigenvalue weighted by Gasteiger charge is 2.14. The average Bonchev–Trinajstić information content (AvgIpc) is 2.43. The van der Waals surface area contributed by atoms with Crippen molar-refractivity contribution in [1.29, 1.82) is 0 Å². The third kappa shape index (κ3) is 10.7. The normalized spacial score (nSPS) is 14.6. The number of ether oxygens (including phenoxy) is 2. The van der Waals surface area contributed by atoms with Crippen LogP contribution in [0.1, 0.15) is 13.8 Å². The van der Waals surface area contributed by atoms with Gasteiger partial charge >= 0.3 is 0 Å². The molecule has 126 valence electrons. The monoisotopic (exact) mass is 309 g/mol. The molecule has 0 aliphatic heterocycles. The second kappa shape index (κ2) is 13.0. The second-order valence-electron chi connectivity index (χ2n) is 4.78. The molecule has 0 aliphatic rings. The highest BCUT2D eigenvalue weighted by molar-refractivity contribution is 4.66. The third-order valence-corrected chi connectivity index (χ3v) is 2.94. The number of nitroso groups, excluding NO2 is 1. The Morgan fingerprint density at radius 1 is 0.952 bits per heavy atom. The molecule has 0 aromatic heterocycles. The number of rotatable bonds is 14. The van der Waals surface area contributed by atoms with Crippen LogP contribution in [0.3, 0.4) is 0 Å². The van der Waals surface area contributed by atoms with Crippen molar-refractivity contribution < 1.29 is 24.8 Å². The molecule has 0 aromatic rings. The summed E-state index contributed by atoms with van der Waals surface area (Å²) in [6.07, 6.45) is -0.438. The van der Waals surface area contributed by atoms with Crippen molar-refractivity contribution in [1.82, 2.24) is 9.80 Å². The van der Waals surface area contributed by atoms with Gasteiger partial charge in [-0.25, -0.2) is 0 Å². The van der Waals surface area contributed by atoms with Crippen molar-refractivity contribution in [2.45, 2.75) is 26.1 Å². The Hall–Kier alpha value is -0.680. The van der Waals surface area contributed by atoms with Crippen molar-refractivity contribution in [3.8, 4) is 0 Å². The van der Waals surface area contributed by atoms with E-state index in [1.54, 1.807) is 23.6 Å². The summed E-state index contributed by atoms with van der Waals surface area (Å²) in [5.41, 5.74) is 0. The van der Waals surface area contributed by atoms with Gasteiger partial charge in [0.15, 0.2) is 0 Å². The van der Waals surface area contributed by atoms with Crippen LogP contribution in [-0.4, -0.2) is 90.5 Å². The maximum absolute atomic E-state index is 10.4. The van der Waals surface area contributed by atoms with E-state index in [1.165, 1.54) is 0 Å². The minimum atomic E-state index is -0.373. The van der Waals surface area contributed by atoms with E-state index in [0.717, 1.165) is 0 Å². The molecule has 0 aliphatic carbocycles. The fraction of sp³-hybridized carbons (Fsp3) is 1.00. The zero-order valence-electron chi connectivity index (χ0n) is 12.7. The van der Waals surface area contributed by atoms with E-state index in [9.17, 15) is 10.0 Å². The highest BCUT2D eigenvalue weighted by atomic mass is 16.6. The van der Waals surface area contributed by atoms with Crippen LogP contribution in [0, 0.1) is 4.91 Å². The van der Waals surface area contributed by atoms with Crippen molar-refractivity contribution in [2.75, 3.05) is 53.2 Å². The standard InChI is InChI=1S/C12H27N3O6/c1-11(20-9-17)5-14(7-13-19)3-4-15(8-16)6-12(2)21-10-18/h11-12,16-18H,3-10H2,1-2H3/t11?,12-/m0/s1. The number of nitrogens with zero attached hydrogens (tertiary/aromatic N) is 3. The minimum absolute atomic E-state index is 0.0150. The Kier molecular flexibility index (Phi) is 12.6. The lowest BCUT2D eigenvalue weighted by atomic mass is 10.3. The van der Waals surface area contributed by atoms with E-state index in [2.05, 4.69) is 5.18 Å². The van der Waals surface area contributed by atoms with E-state index in [-0.39, 0.29) is 39.2 Å². The summed E-state index contributed by atoms with van der Waals surface area (Å²) < 4.78 is 10.0. The molecule has 9 nitrogen and oxygen atoms in total. The Morgan fingerprint density at radius 2 is 1.43 bits per heavy atom. The van der Waals surface area contributed by atoms with Crippen molar-refractivity contribution in [3.05, 3.63) is 4.91 Å². The van der Waals surface area contributed by atoms with Crippen molar-refractivity contribution in [3.63, 3.8) is 0 Å². The fourth-order valence-corrected chi connectivity index (χ4v) is 1.89. The summed E-state index contributed by atoms with van der Waals surface area (Å²) in [4.78, 5) is 13.9. The van der Waals surface area contributed by atoms with Crippen LogP contribution in [-0.2, 0) is 9.47 Å². The largest absolute Gasteiger partial charge is 0.381 e. The van der Waals surface area contributed by atoms with Crippen LogP contribution in [0.4, 0.5) is 0 Å². The second-order valence-corrected chi connectivity index (χ2v) is 4.78. The molecule has 1 unspecified atom stereocenters. The molecule has 21 heavy (non-hydrogen) atoms. The summed E-state index contributed by atoms with van der Waals surface area (Å²) in [6.45, 7) is 4.64. The molecular weight excluding hydrogens is 282 g/mol.